The van der Waals surface area contributed by atoms with E-state index in [9.17, 15) is 0 Å². The van der Waals surface area contributed by atoms with E-state index >= 15 is 0 Å². The molecule has 0 radical (unpaired) electrons. The van der Waals surface area contributed by atoms with Gasteiger partial charge in [0.25, 0.3) is 0 Å². The standard InChI is InChI=1S/C10H15ClN2/c1-9(6-11)13(2)8-10-4-3-5-12-7-10/h3-5,7,9H,6,8H2,1-2H3. The molecule has 0 saturated carbocycles. The lowest BCUT2D eigenvalue weighted by atomic mass is 10.2. The van der Waals surface area contributed by atoms with Crippen LogP contribution >= 0.6 is 11.6 Å². The van der Waals surface area contributed by atoms with Crippen LogP contribution in [-0.4, -0.2) is 28.9 Å². The molecule has 1 heterocycles. The van der Waals surface area contributed by atoms with E-state index in [1.807, 2.05) is 12.3 Å². The highest BCUT2D eigenvalue weighted by Crippen LogP contribution is 2.05. The van der Waals surface area contributed by atoms with Gasteiger partial charge in [-0.15, -0.1) is 11.6 Å². The third kappa shape index (κ3) is 3.33. The molecule has 1 aromatic rings. The van der Waals surface area contributed by atoms with Gasteiger partial charge >= 0.3 is 0 Å². The summed E-state index contributed by atoms with van der Waals surface area (Å²) in [7, 11) is 2.07. The number of alkyl halides is 1. The molecule has 1 atom stereocenters. The Hall–Kier alpha value is -0.600. The molecule has 72 valence electrons. The molecule has 1 rings (SSSR count). The zero-order chi connectivity index (χ0) is 9.68. The van der Waals surface area contributed by atoms with Crippen LogP contribution in [0.4, 0.5) is 0 Å². The Morgan fingerprint density at radius 2 is 2.38 bits per heavy atom. The monoisotopic (exact) mass is 198 g/mol. The molecule has 3 heteroatoms. The van der Waals surface area contributed by atoms with Crippen molar-refractivity contribution < 1.29 is 0 Å². The number of halogens is 1. The van der Waals surface area contributed by atoms with Crippen molar-refractivity contribution >= 4 is 11.6 Å². The summed E-state index contributed by atoms with van der Waals surface area (Å²) in [4.78, 5) is 6.28. The van der Waals surface area contributed by atoms with E-state index in [1.54, 1.807) is 6.20 Å². The van der Waals surface area contributed by atoms with Crippen molar-refractivity contribution in [2.24, 2.45) is 0 Å². The quantitative estimate of drug-likeness (QED) is 0.690. The van der Waals surface area contributed by atoms with Crippen LogP contribution < -0.4 is 0 Å². The van der Waals surface area contributed by atoms with Crippen LogP contribution in [0.2, 0.25) is 0 Å². The van der Waals surface area contributed by atoms with Gasteiger partial charge in [-0.1, -0.05) is 6.07 Å². The molecule has 0 spiro atoms. The van der Waals surface area contributed by atoms with Gasteiger partial charge in [0.2, 0.25) is 0 Å². The molecule has 0 fully saturated rings. The minimum Gasteiger partial charge on any atom is -0.298 e. The Kier molecular flexibility index (Phi) is 4.19. The van der Waals surface area contributed by atoms with Crippen molar-refractivity contribution in [1.82, 2.24) is 9.88 Å². The second-order valence-electron chi connectivity index (χ2n) is 3.28. The van der Waals surface area contributed by atoms with Crippen LogP contribution in [0.3, 0.4) is 0 Å². The van der Waals surface area contributed by atoms with Gasteiger partial charge in [0.05, 0.1) is 0 Å². The number of rotatable bonds is 4. The highest BCUT2D eigenvalue weighted by molar-refractivity contribution is 6.18. The van der Waals surface area contributed by atoms with Gasteiger partial charge in [0.1, 0.15) is 0 Å². The highest BCUT2D eigenvalue weighted by atomic mass is 35.5. The first kappa shape index (κ1) is 10.5. The van der Waals surface area contributed by atoms with Gasteiger partial charge in [-0.25, -0.2) is 0 Å². The predicted molar refractivity (Wildman–Crippen MR) is 55.9 cm³/mol. The van der Waals surface area contributed by atoms with Crippen LogP contribution in [-0.2, 0) is 6.54 Å². The molecule has 0 aliphatic carbocycles. The Labute approximate surface area is 84.5 Å². The van der Waals surface area contributed by atoms with Gasteiger partial charge in [-0.2, -0.15) is 0 Å². The van der Waals surface area contributed by atoms with E-state index in [-0.39, 0.29) is 0 Å². The van der Waals surface area contributed by atoms with Crippen LogP contribution in [0.5, 0.6) is 0 Å². The van der Waals surface area contributed by atoms with E-state index in [4.69, 9.17) is 11.6 Å². The van der Waals surface area contributed by atoms with Gasteiger partial charge in [0, 0.05) is 30.9 Å². The molecule has 0 aliphatic rings. The normalized spacial score (nSPS) is 13.2. The van der Waals surface area contributed by atoms with E-state index in [0.29, 0.717) is 11.9 Å². The molecule has 1 aromatic heterocycles. The van der Waals surface area contributed by atoms with Crippen LogP contribution in [0.1, 0.15) is 12.5 Å². The SMILES string of the molecule is CC(CCl)N(C)Cc1cccnc1. The zero-order valence-electron chi connectivity index (χ0n) is 8.07. The third-order valence-electron chi connectivity index (χ3n) is 2.13. The number of pyridine rings is 1. The second kappa shape index (κ2) is 5.20. The summed E-state index contributed by atoms with van der Waals surface area (Å²) < 4.78 is 0. The van der Waals surface area contributed by atoms with E-state index in [0.717, 1.165) is 6.54 Å². The maximum Gasteiger partial charge on any atom is 0.0376 e. The maximum atomic E-state index is 5.76. The average Bonchev–Trinajstić information content (AvgIpc) is 2.18. The smallest absolute Gasteiger partial charge is 0.0376 e. The molecule has 0 aliphatic heterocycles. The summed E-state index contributed by atoms with van der Waals surface area (Å²) in [6.07, 6.45) is 3.67. The summed E-state index contributed by atoms with van der Waals surface area (Å²) >= 11 is 5.76. The zero-order valence-corrected chi connectivity index (χ0v) is 8.83. The molecule has 0 saturated heterocycles. The highest BCUT2D eigenvalue weighted by Gasteiger charge is 2.07. The van der Waals surface area contributed by atoms with Gasteiger partial charge < -0.3 is 0 Å². The third-order valence-corrected chi connectivity index (χ3v) is 2.58. The molecule has 0 aromatic carbocycles. The number of hydrogen-bond acceptors (Lipinski definition) is 2. The molecule has 13 heavy (non-hydrogen) atoms. The van der Waals surface area contributed by atoms with E-state index in [2.05, 4.69) is 29.9 Å². The lowest BCUT2D eigenvalue weighted by Gasteiger charge is -2.22. The Morgan fingerprint density at radius 1 is 1.62 bits per heavy atom. The van der Waals surface area contributed by atoms with Crippen molar-refractivity contribution in [3.63, 3.8) is 0 Å². The van der Waals surface area contributed by atoms with E-state index in [1.165, 1.54) is 5.56 Å². The van der Waals surface area contributed by atoms with Crippen LogP contribution in [0.15, 0.2) is 24.5 Å². The van der Waals surface area contributed by atoms with Crippen molar-refractivity contribution in [2.75, 3.05) is 12.9 Å². The summed E-state index contributed by atoms with van der Waals surface area (Å²) in [6.45, 7) is 3.02. The Balaban J connectivity index is 2.50. The average molecular weight is 199 g/mol. The largest absolute Gasteiger partial charge is 0.298 e. The first-order valence-corrected chi connectivity index (χ1v) is 4.92. The van der Waals surface area contributed by atoms with Crippen molar-refractivity contribution in [1.29, 1.82) is 0 Å². The number of hydrogen-bond donors (Lipinski definition) is 0. The summed E-state index contributed by atoms with van der Waals surface area (Å²) in [5, 5.41) is 0. The Morgan fingerprint density at radius 3 is 2.92 bits per heavy atom. The van der Waals surface area contributed by atoms with Crippen molar-refractivity contribution in [3.8, 4) is 0 Å². The molecule has 1 unspecified atom stereocenters. The van der Waals surface area contributed by atoms with Gasteiger partial charge in [-0.3, -0.25) is 9.88 Å². The van der Waals surface area contributed by atoms with E-state index < -0.39 is 0 Å². The fraction of sp³-hybridized carbons (Fsp3) is 0.500. The summed E-state index contributed by atoms with van der Waals surface area (Å²) in [5.74, 6) is 0.663. The predicted octanol–water partition coefficient (Wildman–Crippen LogP) is 2.14. The molecule has 0 amide bonds. The molecular weight excluding hydrogens is 184 g/mol. The van der Waals surface area contributed by atoms with Gasteiger partial charge in [0.15, 0.2) is 0 Å². The summed E-state index contributed by atoms with van der Waals surface area (Å²) in [5.41, 5.74) is 1.22. The molecule has 0 N–H and O–H groups in total. The van der Waals surface area contributed by atoms with Crippen LogP contribution in [0.25, 0.3) is 0 Å². The fourth-order valence-electron chi connectivity index (χ4n) is 1.05. The van der Waals surface area contributed by atoms with Crippen molar-refractivity contribution in [2.45, 2.75) is 19.5 Å². The molecule has 2 nitrogen and oxygen atoms in total. The van der Waals surface area contributed by atoms with Gasteiger partial charge in [-0.05, 0) is 25.6 Å². The molecule has 0 bridgehead atoms. The first-order valence-electron chi connectivity index (χ1n) is 4.39. The lowest BCUT2D eigenvalue weighted by Crippen LogP contribution is -2.29. The number of nitrogens with zero attached hydrogens (tertiary/aromatic N) is 2. The maximum absolute atomic E-state index is 5.76. The van der Waals surface area contributed by atoms with Crippen LogP contribution in [0, 0.1) is 0 Å². The second-order valence-corrected chi connectivity index (χ2v) is 3.59. The van der Waals surface area contributed by atoms with Crippen molar-refractivity contribution in [3.05, 3.63) is 30.1 Å². The minimum atomic E-state index is 0.405. The fourth-order valence-corrected chi connectivity index (χ4v) is 1.29. The lowest BCUT2D eigenvalue weighted by molar-refractivity contribution is 0.268. The molecular formula is C10H15ClN2. The minimum absolute atomic E-state index is 0.405. The first-order chi connectivity index (χ1) is 6.24. The topological polar surface area (TPSA) is 16.1 Å². The summed E-state index contributed by atoms with van der Waals surface area (Å²) in [6, 6.07) is 4.43. The Bertz CT molecular complexity index is 238. The number of aromatic nitrogens is 1.